The van der Waals surface area contributed by atoms with Crippen LogP contribution in [0.25, 0.3) is 0 Å². The van der Waals surface area contributed by atoms with E-state index in [9.17, 15) is 4.79 Å². The molecule has 0 fully saturated rings. The first-order chi connectivity index (χ1) is 9.16. The topological polar surface area (TPSA) is 83.8 Å². The van der Waals surface area contributed by atoms with E-state index in [0.29, 0.717) is 17.8 Å². The number of nitrogens with two attached hydrogens (primary N) is 1. The van der Waals surface area contributed by atoms with Crippen molar-refractivity contribution >= 4 is 11.6 Å². The number of anilines is 1. The molecule has 1 heterocycles. The number of hydrogen-bond donors (Lipinski definition) is 3. The average molecular weight is 258 g/mol. The van der Waals surface area contributed by atoms with Gasteiger partial charge >= 0.3 is 0 Å². The Bertz CT molecular complexity index is 549. The Kier molecular flexibility index (Phi) is 4.18. The van der Waals surface area contributed by atoms with Gasteiger partial charge in [0.2, 0.25) is 0 Å². The van der Waals surface area contributed by atoms with Gasteiger partial charge in [0.25, 0.3) is 5.91 Å². The van der Waals surface area contributed by atoms with E-state index < -0.39 is 0 Å². The molecule has 1 aromatic carbocycles. The van der Waals surface area contributed by atoms with E-state index in [1.54, 1.807) is 24.5 Å². The van der Waals surface area contributed by atoms with Crippen LogP contribution in [0.3, 0.4) is 0 Å². The van der Waals surface area contributed by atoms with Crippen molar-refractivity contribution in [1.29, 1.82) is 0 Å². The maximum atomic E-state index is 11.9. The summed E-state index contributed by atoms with van der Waals surface area (Å²) >= 11 is 0. The summed E-state index contributed by atoms with van der Waals surface area (Å²) in [6.45, 7) is 2.55. The van der Waals surface area contributed by atoms with Gasteiger partial charge < -0.3 is 16.0 Å². The lowest BCUT2D eigenvalue weighted by molar-refractivity contribution is 0.0954. The van der Waals surface area contributed by atoms with Gasteiger partial charge in [0.1, 0.15) is 5.82 Å². The number of nitrogens with one attached hydrogen (secondary N) is 2. The van der Waals surface area contributed by atoms with Crippen LogP contribution < -0.4 is 11.1 Å². The summed E-state index contributed by atoms with van der Waals surface area (Å²) in [5.41, 5.74) is 7.92. The Morgan fingerprint density at radius 2 is 2.32 bits per heavy atom. The zero-order chi connectivity index (χ0) is 13.7. The fraction of sp³-hybridized carbons (Fsp3) is 0.286. The molecule has 0 aliphatic heterocycles. The highest BCUT2D eigenvalue weighted by molar-refractivity contribution is 5.99. The van der Waals surface area contributed by atoms with Gasteiger partial charge in [-0.2, -0.15) is 0 Å². The minimum Gasteiger partial charge on any atom is -0.398 e. The lowest BCUT2D eigenvalue weighted by atomic mass is 10.1. The van der Waals surface area contributed by atoms with Crippen molar-refractivity contribution in [2.24, 2.45) is 0 Å². The van der Waals surface area contributed by atoms with Gasteiger partial charge in [0.05, 0.1) is 5.56 Å². The minimum absolute atomic E-state index is 0.128. The maximum absolute atomic E-state index is 11.9. The van der Waals surface area contributed by atoms with Crippen molar-refractivity contribution in [1.82, 2.24) is 15.3 Å². The van der Waals surface area contributed by atoms with Crippen molar-refractivity contribution in [3.8, 4) is 0 Å². The molecular formula is C14H18N4O. The van der Waals surface area contributed by atoms with Crippen molar-refractivity contribution in [3.63, 3.8) is 0 Å². The standard InChI is InChI=1S/C14H18N4O/c1-10-4-5-11(12(15)9-10)14(19)18-6-2-3-13-16-7-8-17-13/h4-5,7-9H,2-3,6,15H2,1H3,(H,16,17)(H,18,19). The van der Waals surface area contributed by atoms with Crippen LogP contribution in [0.15, 0.2) is 30.6 Å². The maximum Gasteiger partial charge on any atom is 0.253 e. The molecule has 0 saturated heterocycles. The molecule has 1 aromatic heterocycles. The average Bonchev–Trinajstić information content (AvgIpc) is 2.87. The SMILES string of the molecule is Cc1ccc(C(=O)NCCCc2ncc[nH]2)c(N)c1. The second-order valence-electron chi connectivity index (χ2n) is 4.49. The van der Waals surface area contributed by atoms with E-state index in [1.807, 2.05) is 13.0 Å². The smallest absolute Gasteiger partial charge is 0.253 e. The normalized spacial score (nSPS) is 10.4. The molecule has 0 unspecified atom stereocenters. The number of carbonyl (C=O) groups is 1. The number of imidazole rings is 1. The molecule has 0 saturated carbocycles. The first-order valence-electron chi connectivity index (χ1n) is 6.29. The van der Waals surface area contributed by atoms with Gasteiger partial charge in [-0.05, 0) is 31.0 Å². The van der Waals surface area contributed by atoms with Crippen LogP contribution in [0.2, 0.25) is 0 Å². The molecule has 0 spiro atoms. The zero-order valence-electron chi connectivity index (χ0n) is 10.9. The van der Waals surface area contributed by atoms with E-state index in [1.165, 1.54) is 0 Å². The van der Waals surface area contributed by atoms with Gasteiger partial charge in [-0.25, -0.2) is 4.98 Å². The van der Waals surface area contributed by atoms with E-state index in [2.05, 4.69) is 15.3 Å². The summed E-state index contributed by atoms with van der Waals surface area (Å²) in [7, 11) is 0. The second kappa shape index (κ2) is 6.04. The summed E-state index contributed by atoms with van der Waals surface area (Å²) in [6, 6.07) is 5.44. The van der Waals surface area contributed by atoms with Crippen molar-refractivity contribution < 1.29 is 4.79 Å². The van der Waals surface area contributed by atoms with E-state index in [0.717, 1.165) is 24.2 Å². The quantitative estimate of drug-likeness (QED) is 0.563. The van der Waals surface area contributed by atoms with Crippen molar-refractivity contribution in [2.75, 3.05) is 12.3 Å². The van der Waals surface area contributed by atoms with Crippen LogP contribution in [0.4, 0.5) is 5.69 Å². The summed E-state index contributed by atoms with van der Waals surface area (Å²) in [6.07, 6.45) is 5.17. The number of carbonyl (C=O) groups excluding carboxylic acids is 1. The fourth-order valence-electron chi connectivity index (χ4n) is 1.88. The monoisotopic (exact) mass is 258 g/mol. The lowest BCUT2D eigenvalue weighted by Gasteiger charge is -2.07. The summed E-state index contributed by atoms with van der Waals surface area (Å²) in [5, 5.41) is 2.86. The molecule has 19 heavy (non-hydrogen) atoms. The first-order valence-corrected chi connectivity index (χ1v) is 6.29. The van der Waals surface area contributed by atoms with Crippen molar-refractivity contribution in [3.05, 3.63) is 47.5 Å². The number of aryl methyl sites for hydroxylation is 2. The van der Waals surface area contributed by atoms with Gasteiger partial charge in [0.15, 0.2) is 0 Å². The predicted molar refractivity (Wildman–Crippen MR) is 74.8 cm³/mol. The molecule has 5 heteroatoms. The Balaban J connectivity index is 1.81. The number of rotatable bonds is 5. The highest BCUT2D eigenvalue weighted by Gasteiger charge is 2.08. The Morgan fingerprint density at radius 1 is 1.47 bits per heavy atom. The number of amides is 1. The van der Waals surface area contributed by atoms with Crippen LogP contribution >= 0.6 is 0 Å². The summed E-state index contributed by atoms with van der Waals surface area (Å²) in [4.78, 5) is 19.1. The lowest BCUT2D eigenvalue weighted by Crippen LogP contribution is -2.25. The van der Waals surface area contributed by atoms with Gasteiger partial charge in [-0.15, -0.1) is 0 Å². The largest absolute Gasteiger partial charge is 0.398 e. The molecule has 5 nitrogen and oxygen atoms in total. The van der Waals surface area contributed by atoms with E-state index >= 15 is 0 Å². The minimum atomic E-state index is -0.128. The molecule has 0 bridgehead atoms. The van der Waals surface area contributed by atoms with Gasteiger partial charge in [-0.3, -0.25) is 4.79 Å². The van der Waals surface area contributed by atoms with Crippen molar-refractivity contribution in [2.45, 2.75) is 19.8 Å². The van der Waals surface area contributed by atoms with E-state index in [-0.39, 0.29) is 5.91 Å². The molecule has 0 aliphatic rings. The number of nitrogens with zero attached hydrogens (tertiary/aromatic N) is 1. The molecular weight excluding hydrogens is 240 g/mol. The third-order valence-corrected chi connectivity index (χ3v) is 2.88. The van der Waals surface area contributed by atoms with Crippen LogP contribution in [-0.2, 0) is 6.42 Å². The highest BCUT2D eigenvalue weighted by atomic mass is 16.1. The fourth-order valence-corrected chi connectivity index (χ4v) is 1.88. The number of benzene rings is 1. The first kappa shape index (κ1) is 13.1. The Morgan fingerprint density at radius 3 is 3.00 bits per heavy atom. The summed E-state index contributed by atoms with van der Waals surface area (Å²) in [5.74, 6) is 0.807. The summed E-state index contributed by atoms with van der Waals surface area (Å²) < 4.78 is 0. The molecule has 1 amide bonds. The zero-order valence-corrected chi connectivity index (χ0v) is 10.9. The molecule has 0 aliphatic carbocycles. The molecule has 4 N–H and O–H groups in total. The second-order valence-corrected chi connectivity index (χ2v) is 4.49. The van der Waals surface area contributed by atoms with E-state index in [4.69, 9.17) is 5.73 Å². The third kappa shape index (κ3) is 3.58. The molecule has 0 atom stereocenters. The third-order valence-electron chi connectivity index (χ3n) is 2.88. The van der Waals surface area contributed by atoms with Crippen LogP contribution in [0, 0.1) is 6.92 Å². The Hall–Kier alpha value is -2.30. The highest BCUT2D eigenvalue weighted by Crippen LogP contribution is 2.13. The number of nitrogen functional groups attached to an aromatic ring is 1. The van der Waals surface area contributed by atoms with Crippen LogP contribution in [-0.4, -0.2) is 22.4 Å². The molecule has 2 rings (SSSR count). The number of aromatic nitrogens is 2. The number of hydrogen-bond acceptors (Lipinski definition) is 3. The molecule has 2 aromatic rings. The Labute approximate surface area is 112 Å². The molecule has 0 radical (unpaired) electrons. The molecule has 100 valence electrons. The van der Waals surface area contributed by atoms with Gasteiger partial charge in [0, 0.05) is 31.0 Å². The number of H-pyrrole nitrogens is 1. The number of aromatic amines is 1. The van der Waals surface area contributed by atoms with Gasteiger partial charge in [-0.1, -0.05) is 6.07 Å². The van der Waals surface area contributed by atoms with Crippen LogP contribution in [0.5, 0.6) is 0 Å². The van der Waals surface area contributed by atoms with Crippen LogP contribution in [0.1, 0.15) is 28.2 Å². The predicted octanol–water partition coefficient (Wildman–Crippen LogP) is 1.66.